The topological polar surface area (TPSA) is 99.1 Å². The third-order valence-corrected chi connectivity index (χ3v) is 10.8. The van der Waals surface area contributed by atoms with Crippen LogP contribution >= 0.6 is 0 Å². The number of hydrogen-bond acceptors (Lipinski definition) is 6. The average molecular weight is 769 g/mol. The van der Waals surface area contributed by atoms with Crippen LogP contribution in [-0.2, 0) is 28.6 Å². The molecule has 1 N–H and O–H groups in total. The number of rotatable bonds is 42. The molecule has 320 valence electrons. The molecule has 8 nitrogen and oxygen atoms in total. The SMILES string of the molecule is CCCCCCCCCCCCCCCCCCCCCC(=O)OC(COCCC(C(=O)O)[N+](C)(C)C)COC(=O)CCCCCCCCCCCCC. The third-order valence-electron chi connectivity index (χ3n) is 10.8. The second-order valence-corrected chi connectivity index (χ2v) is 17.0. The molecule has 0 aromatic carbocycles. The van der Waals surface area contributed by atoms with E-state index >= 15 is 0 Å². The maximum Gasteiger partial charge on any atom is 0.362 e. The lowest BCUT2D eigenvalue weighted by molar-refractivity contribution is -0.887. The van der Waals surface area contributed by atoms with E-state index in [4.69, 9.17) is 14.2 Å². The molecule has 0 rings (SSSR count). The second kappa shape index (κ2) is 38.2. The Labute approximate surface area is 334 Å². The van der Waals surface area contributed by atoms with Gasteiger partial charge in [0.25, 0.3) is 0 Å². The van der Waals surface area contributed by atoms with Crippen LogP contribution < -0.4 is 0 Å². The molecule has 0 saturated carbocycles. The molecule has 0 amide bonds. The molecule has 54 heavy (non-hydrogen) atoms. The van der Waals surface area contributed by atoms with Crippen LogP contribution in [0.1, 0.15) is 226 Å². The van der Waals surface area contributed by atoms with E-state index in [1.54, 1.807) is 0 Å². The predicted octanol–water partition coefficient (Wildman–Crippen LogP) is 12.5. The molecule has 0 aromatic heterocycles. The van der Waals surface area contributed by atoms with E-state index in [9.17, 15) is 19.5 Å². The van der Waals surface area contributed by atoms with Crippen molar-refractivity contribution >= 4 is 17.9 Å². The zero-order valence-electron chi connectivity index (χ0n) is 36.5. The van der Waals surface area contributed by atoms with Crippen molar-refractivity contribution in [3.05, 3.63) is 0 Å². The van der Waals surface area contributed by atoms with E-state index in [1.807, 2.05) is 21.1 Å². The van der Waals surface area contributed by atoms with Crippen molar-refractivity contribution in [2.45, 2.75) is 238 Å². The Morgan fingerprint density at radius 2 is 0.815 bits per heavy atom. The normalized spacial score (nSPS) is 12.8. The lowest BCUT2D eigenvalue weighted by atomic mass is 10.0. The average Bonchev–Trinajstić information content (AvgIpc) is 3.12. The number of carboxylic acids is 1. The van der Waals surface area contributed by atoms with Crippen molar-refractivity contribution in [3.8, 4) is 0 Å². The first-order chi connectivity index (χ1) is 26.1. The summed E-state index contributed by atoms with van der Waals surface area (Å²) in [6, 6.07) is -0.607. The summed E-state index contributed by atoms with van der Waals surface area (Å²) in [4.78, 5) is 36.9. The van der Waals surface area contributed by atoms with Crippen LogP contribution in [0, 0.1) is 0 Å². The number of hydrogen-bond donors (Lipinski definition) is 1. The van der Waals surface area contributed by atoms with Crippen molar-refractivity contribution in [3.63, 3.8) is 0 Å². The van der Waals surface area contributed by atoms with Crippen molar-refractivity contribution in [1.82, 2.24) is 0 Å². The number of carboxylic acid groups (broad SMARTS) is 1. The number of carbonyl (C=O) groups is 3. The number of likely N-dealkylation sites (N-methyl/N-ethyl adjacent to an activating group) is 1. The fourth-order valence-electron chi connectivity index (χ4n) is 7.15. The fraction of sp³-hybridized carbons (Fsp3) is 0.935. The smallest absolute Gasteiger partial charge is 0.362 e. The van der Waals surface area contributed by atoms with E-state index < -0.39 is 18.1 Å². The largest absolute Gasteiger partial charge is 0.477 e. The molecule has 0 aliphatic heterocycles. The molecule has 0 heterocycles. The van der Waals surface area contributed by atoms with Gasteiger partial charge in [0.2, 0.25) is 0 Å². The van der Waals surface area contributed by atoms with Crippen molar-refractivity contribution in [2.75, 3.05) is 41.0 Å². The maximum atomic E-state index is 12.7. The summed E-state index contributed by atoms with van der Waals surface area (Å²) in [6.07, 6.45) is 38.6. The van der Waals surface area contributed by atoms with Crippen molar-refractivity contribution < 1.29 is 38.2 Å². The minimum atomic E-state index is -0.870. The van der Waals surface area contributed by atoms with Gasteiger partial charge in [-0.1, -0.05) is 194 Å². The fourth-order valence-corrected chi connectivity index (χ4v) is 7.15. The van der Waals surface area contributed by atoms with Crippen molar-refractivity contribution in [2.24, 2.45) is 0 Å². The Morgan fingerprint density at radius 3 is 1.15 bits per heavy atom. The molecule has 0 bridgehead atoms. The van der Waals surface area contributed by atoms with Gasteiger partial charge >= 0.3 is 17.9 Å². The van der Waals surface area contributed by atoms with E-state index in [-0.39, 0.29) is 36.2 Å². The first-order valence-electron chi connectivity index (χ1n) is 23.1. The zero-order chi connectivity index (χ0) is 40.0. The molecule has 0 aliphatic rings. The Morgan fingerprint density at radius 1 is 0.481 bits per heavy atom. The van der Waals surface area contributed by atoms with Gasteiger partial charge in [-0.3, -0.25) is 9.59 Å². The summed E-state index contributed by atoms with van der Waals surface area (Å²) in [6.45, 7) is 4.77. The van der Waals surface area contributed by atoms with E-state index in [0.717, 1.165) is 38.5 Å². The van der Waals surface area contributed by atoms with Gasteiger partial charge < -0.3 is 23.8 Å². The van der Waals surface area contributed by atoms with Gasteiger partial charge in [-0.2, -0.15) is 0 Å². The lowest BCUT2D eigenvalue weighted by Crippen LogP contribution is -2.50. The summed E-state index contributed by atoms with van der Waals surface area (Å²) in [5.74, 6) is -1.45. The van der Waals surface area contributed by atoms with E-state index in [0.29, 0.717) is 19.3 Å². The van der Waals surface area contributed by atoms with Gasteiger partial charge in [0.1, 0.15) is 6.61 Å². The summed E-state index contributed by atoms with van der Waals surface area (Å²) in [5, 5.41) is 9.61. The van der Waals surface area contributed by atoms with Crippen LogP contribution in [-0.4, -0.2) is 80.6 Å². The Bertz CT molecular complexity index is 858. The number of carbonyl (C=O) groups excluding carboxylic acids is 2. The third kappa shape index (κ3) is 36.0. The second-order valence-electron chi connectivity index (χ2n) is 17.0. The summed E-state index contributed by atoms with van der Waals surface area (Å²) in [5.41, 5.74) is 0. The van der Waals surface area contributed by atoms with Gasteiger partial charge in [0.15, 0.2) is 12.1 Å². The van der Waals surface area contributed by atoms with E-state index in [2.05, 4.69) is 13.8 Å². The predicted molar refractivity (Wildman–Crippen MR) is 225 cm³/mol. The van der Waals surface area contributed by atoms with Crippen LogP contribution in [0.2, 0.25) is 0 Å². The number of ether oxygens (including phenoxy) is 3. The number of nitrogens with zero attached hydrogens (tertiary/aromatic N) is 1. The van der Waals surface area contributed by atoms with Gasteiger partial charge in [0, 0.05) is 19.3 Å². The monoisotopic (exact) mass is 769 g/mol. The Kier molecular flexibility index (Phi) is 37.0. The van der Waals surface area contributed by atoms with Gasteiger partial charge in [0.05, 0.1) is 34.4 Å². The molecule has 2 atom stereocenters. The van der Waals surface area contributed by atoms with Gasteiger partial charge in [-0.25, -0.2) is 4.79 Å². The molecular weight excluding hydrogens is 679 g/mol. The summed E-state index contributed by atoms with van der Waals surface area (Å²) >= 11 is 0. The van der Waals surface area contributed by atoms with Crippen LogP contribution in [0.25, 0.3) is 0 Å². The molecule has 0 aromatic rings. The Balaban J connectivity index is 4.22. The van der Waals surface area contributed by atoms with Crippen LogP contribution in [0.15, 0.2) is 0 Å². The molecule has 2 unspecified atom stereocenters. The highest BCUT2D eigenvalue weighted by Gasteiger charge is 2.31. The highest BCUT2D eigenvalue weighted by Crippen LogP contribution is 2.16. The van der Waals surface area contributed by atoms with Crippen LogP contribution in [0.3, 0.4) is 0 Å². The first-order valence-corrected chi connectivity index (χ1v) is 23.1. The minimum Gasteiger partial charge on any atom is -0.477 e. The highest BCUT2D eigenvalue weighted by molar-refractivity contribution is 5.72. The maximum absolute atomic E-state index is 12.7. The first kappa shape index (κ1) is 52.3. The van der Waals surface area contributed by atoms with E-state index in [1.165, 1.54) is 154 Å². The molecule has 0 fully saturated rings. The summed E-state index contributed by atoms with van der Waals surface area (Å²) < 4.78 is 17.3. The molecular formula is C46H90NO7+. The Hall–Kier alpha value is -1.67. The zero-order valence-corrected chi connectivity index (χ0v) is 36.5. The molecule has 0 spiro atoms. The molecule has 0 aliphatic carbocycles. The number of esters is 2. The van der Waals surface area contributed by atoms with Crippen molar-refractivity contribution in [1.29, 1.82) is 0 Å². The molecule has 0 radical (unpaired) electrons. The number of aliphatic carboxylic acids is 1. The minimum absolute atomic E-state index is 0.0422. The van der Waals surface area contributed by atoms with Crippen LogP contribution in [0.5, 0.6) is 0 Å². The lowest BCUT2D eigenvalue weighted by Gasteiger charge is -2.31. The number of quaternary nitrogens is 1. The molecule has 8 heteroatoms. The quantitative estimate of drug-likeness (QED) is 0.0375. The molecule has 0 saturated heterocycles. The summed E-state index contributed by atoms with van der Waals surface area (Å²) in [7, 11) is 5.54. The van der Waals surface area contributed by atoms with Gasteiger partial charge in [-0.15, -0.1) is 0 Å². The highest BCUT2D eigenvalue weighted by atomic mass is 16.6. The van der Waals surface area contributed by atoms with Gasteiger partial charge in [-0.05, 0) is 12.8 Å². The van der Waals surface area contributed by atoms with Crippen LogP contribution in [0.4, 0.5) is 0 Å². The number of unbranched alkanes of at least 4 members (excludes halogenated alkanes) is 28. The standard InChI is InChI=1S/C46H89NO7/c1-6-8-10-12-14-16-18-19-20-21-22-23-24-25-27-29-31-33-35-37-45(49)54-42(40-52-39-38-43(46(50)51)47(3,4)5)41-53-44(48)36-34-32-30-28-26-17-15-13-11-9-7-2/h42-43H,6-41H2,1-5H3/p+1.